The molecule has 2 aromatic rings. The number of carbonyl (C=O) groups excluding carboxylic acids is 2. The lowest BCUT2D eigenvalue weighted by molar-refractivity contribution is -0.124. The van der Waals surface area contributed by atoms with Crippen LogP contribution in [0.25, 0.3) is 0 Å². The maximum Gasteiger partial charge on any atom is 0.254 e. The van der Waals surface area contributed by atoms with Crippen molar-refractivity contribution in [3.63, 3.8) is 0 Å². The van der Waals surface area contributed by atoms with Gasteiger partial charge < -0.3 is 19.3 Å². The van der Waals surface area contributed by atoms with E-state index in [0.717, 1.165) is 10.2 Å². The van der Waals surface area contributed by atoms with Gasteiger partial charge in [-0.25, -0.2) is 0 Å². The number of anilines is 1. The Morgan fingerprint density at radius 1 is 1.07 bits per heavy atom. The van der Waals surface area contributed by atoms with Crippen LogP contribution in [0.3, 0.4) is 0 Å². The molecular formula is C20H21BrN2O4. The van der Waals surface area contributed by atoms with E-state index in [1.807, 2.05) is 18.2 Å². The van der Waals surface area contributed by atoms with Crippen molar-refractivity contribution in [2.45, 2.75) is 13.0 Å². The molecule has 0 saturated carbocycles. The molecule has 0 radical (unpaired) electrons. The standard InChI is InChI=1S/C20H21BrN2O4/c1-13-19(24)23(16-7-8-17(26-2)18(12-16)27-3)10-9-22(13)20(25)14-5-4-6-15(21)11-14/h4-8,11-13H,9-10H2,1-3H3/t13-/m1/s1. The maximum absolute atomic E-state index is 12.9. The molecular weight excluding hydrogens is 412 g/mol. The van der Waals surface area contributed by atoms with Gasteiger partial charge in [0.2, 0.25) is 5.91 Å². The van der Waals surface area contributed by atoms with Gasteiger partial charge in [0.25, 0.3) is 5.91 Å². The summed E-state index contributed by atoms with van der Waals surface area (Å²) in [6, 6.07) is 12.0. The maximum atomic E-state index is 12.9. The molecule has 1 aliphatic heterocycles. The monoisotopic (exact) mass is 432 g/mol. The van der Waals surface area contributed by atoms with Gasteiger partial charge in [0.05, 0.1) is 14.2 Å². The van der Waals surface area contributed by atoms with Crippen molar-refractivity contribution in [3.8, 4) is 11.5 Å². The Bertz CT molecular complexity index is 871. The molecule has 0 unspecified atom stereocenters. The molecule has 1 atom stereocenters. The minimum absolute atomic E-state index is 0.128. The normalized spacial score (nSPS) is 17.0. The number of hydrogen-bond acceptors (Lipinski definition) is 4. The van der Waals surface area contributed by atoms with Crippen LogP contribution in [0, 0.1) is 0 Å². The Morgan fingerprint density at radius 2 is 1.81 bits per heavy atom. The predicted molar refractivity (Wildman–Crippen MR) is 107 cm³/mol. The quantitative estimate of drug-likeness (QED) is 0.742. The number of nitrogens with zero attached hydrogens (tertiary/aromatic N) is 2. The number of benzene rings is 2. The lowest BCUT2D eigenvalue weighted by atomic mass is 10.1. The highest BCUT2D eigenvalue weighted by Crippen LogP contribution is 2.32. The molecule has 0 bridgehead atoms. The average Bonchev–Trinajstić information content (AvgIpc) is 2.69. The van der Waals surface area contributed by atoms with E-state index in [1.54, 1.807) is 55.2 Å². The molecule has 1 heterocycles. The zero-order valence-corrected chi connectivity index (χ0v) is 17.0. The number of hydrogen-bond donors (Lipinski definition) is 0. The van der Waals surface area contributed by atoms with Crippen molar-refractivity contribution in [2.75, 3.05) is 32.2 Å². The Hall–Kier alpha value is -2.54. The second-order valence-electron chi connectivity index (χ2n) is 6.21. The molecule has 0 spiro atoms. The summed E-state index contributed by atoms with van der Waals surface area (Å²) in [7, 11) is 3.12. The first-order valence-corrected chi connectivity index (χ1v) is 9.35. The molecule has 1 aliphatic rings. The molecule has 0 aliphatic carbocycles. The number of rotatable bonds is 4. The fraction of sp³-hybridized carbons (Fsp3) is 0.300. The molecule has 2 aromatic carbocycles. The summed E-state index contributed by atoms with van der Waals surface area (Å²) in [6.07, 6.45) is 0. The van der Waals surface area contributed by atoms with E-state index in [0.29, 0.717) is 30.2 Å². The highest BCUT2D eigenvalue weighted by atomic mass is 79.9. The van der Waals surface area contributed by atoms with Crippen LogP contribution >= 0.6 is 15.9 Å². The van der Waals surface area contributed by atoms with E-state index < -0.39 is 6.04 Å². The van der Waals surface area contributed by atoms with Gasteiger partial charge in [-0.15, -0.1) is 0 Å². The summed E-state index contributed by atoms with van der Waals surface area (Å²) < 4.78 is 11.4. The van der Waals surface area contributed by atoms with Gasteiger partial charge in [0.15, 0.2) is 11.5 Å². The van der Waals surface area contributed by atoms with Crippen LogP contribution in [0.1, 0.15) is 17.3 Å². The van der Waals surface area contributed by atoms with Crippen LogP contribution in [0.2, 0.25) is 0 Å². The third-order valence-electron chi connectivity index (χ3n) is 4.67. The number of carbonyl (C=O) groups is 2. The summed E-state index contributed by atoms with van der Waals surface area (Å²) in [5, 5.41) is 0. The Labute approximate surface area is 166 Å². The largest absolute Gasteiger partial charge is 0.493 e. The van der Waals surface area contributed by atoms with Gasteiger partial charge in [-0.05, 0) is 37.3 Å². The molecule has 2 amide bonds. The molecule has 0 aromatic heterocycles. The van der Waals surface area contributed by atoms with Gasteiger partial charge in [0, 0.05) is 34.9 Å². The van der Waals surface area contributed by atoms with Crippen molar-refractivity contribution >= 4 is 33.4 Å². The lowest BCUT2D eigenvalue weighted by Gasteiger charge is -2.39. The molecule has 3 rings (SSSR count). The second-order valence-corrected chi connectivity index (χ2v) is 7.13. The predicted octanol–water partition coefficient (Wildman–Crippen LogP) is 3.34. The number of halogens is 1. The Kier molecular flexibility index (Phi) is 5.70. The minimum atomic E-state index is -0.557. The summed E-state index contributed by atoms with van der Waals surface area (Å²) >= 11 is 3.38. The van der Waals surface area contributed by atoms with Crippen molar-refractivity contribution in [1.82, 2.24) is 4.90 Å². The van der Waals surface area contributed by atoms with E-state index in [2.05, 4.69) is 15.9 Å². The number of amides is 2. The third kappa shape index (κ3) is 3.78. The van der Waals surface area contributed by atoms with Gasteiger partial charge in [-0.1, -0.05) is 22.0 Å². The fourth-order valence-electron chi connectivity index (χ4n) is 3.18. The van der Waals surface area contributed by atoms with Crippen LogP contribution in [-0.4, -0.2) is 50.1 Å². The van der Waals surface area contributed by atoms with E-state index in [9.17, 15) is 9.59 Å². The van der Waals surface area contributed by atoms with E-state index >= 15 is 0 Å². The minimum Gasteiger partial charge on any atom is -0.493 e. The Morgan fingerprint density at radius 3 is 2.48 bits per heavy atom. The summed E-state index contributed by atoms with van der Waals surface area (Å²) in [5.41, 5.74) is 1.28. The second kappa shape index (κ2) is 8.00. The van der Waals surface area contributed by atoms with Gasteiger partial charge in [-0.2, -0.15) is 0 Å². The number of piperazine rings is 1. The van der Waals surface area contributed by atoms with Gasteiger partial charge in [0.1, 0.15) is 6.04 Å². The van der Waals surface area contributed by atoms with Crippen LogP contribution < -0.4 is 14.4 Å². The summed E-state index contributed by atoms with van der Waals surface area (Å²) in [6.45, 7) is 2.62. The average molecular weight is 433 g/mol. The molecule has 7 heteroatoms. The first-order valence-electron chi connectivity index (χ1n) is 8.56. The molecule has 0 N–H and O–H groups in total. The molecule has 1 saturated heterocycles. The zero-order chi connectivity index (χ0) is 19.6. The van der Waals surface area contributed by atoms with Gasteiger partial charge in [-0.3, -0.25) is 9.59 Å². The van der Waals surface area contributed by atoms with Crippen LogP contribution in [0.5, 0.6) is 11.5 Å². The van der Waals surface area contributed by atoms with Crippen LogP contribution in [-0.2, 0) is 4.79 Å². The van der Waals surface area contributed by atoms with Crippen molar-refractivity contribution in [3.05, 3.63) is 52.5 Å². The number of methoxy groups -OCH3 is 2. The first kappa shape index (κ1) is 19.2. The summed E-state index contributed by atoms with van der Waals surface area (Å²) in [5.74, 6) is 0.884. The van der Waals surface area contributed by atoms with Gasteiger partial charge >= 0.3 is 0 Å². The molecule has 1 fully saturated rings. The molecule has 27 heavy (non-hydrogen) atoms. The first-order chi connectivity index (χ1) is 13.0. The van der Waals surface area contributed by atoms with Crippen LogP contribution in [0.15, 0.2) is 46.9 Å². The fourth-order valence-corrected chi connectivity index (χ4v) is 3.58. The molecule has 142 valence electrons. The van der Waals surface area contributed by atoms with Crippen molar-refractivity contribution < 1.29 is 19.1 Å². The number of ether oxygens (including phenoxy) is 2. The van der Waals surface area contributed by atoms with E-state index in [4.69, 9.17) is 9.47 Å². The SMILES string of the molecule is COc1ccc(N2CCN(C(=O)c3cccc(Br)c3)[C@H](C)C2=O)cc1OC. The van der Waals surface area contributed by atoms with Crippen molar-refractivity contribution in [1.29, 1.82) is 0 Å². The van der Waals surface area contributed by atoms with Crippen molar-refractivity contribution in [2.24, 2.45) is 0 Å². The van der Waals surface area contributed by atoms with E-state index in [1.165, 1.54) is 0 Å². The zero-order valence-electron chi connectivity index (χ0n) is 15.4. The topological polar surface area (TPSA) is 59.1 Å². The van der Waals surface area contributed by atoms with Crippen LogP contribution in [0.4, 0.5) is 5.69 Å². The lowest BCUT2D eigenvalue weighted by Crippen LogP contribution is -2.57. The smallest absolute Gasteiger partial charge is 0.254 e. The Balaban J connectivity index is 1.81. The highest BCUT2D eigenvalue weighted by molar-refractivity contribution is 9.10. The third-order valence-corrected chi connectivity index (χ3v) is 5.16. The summed E-state index contributed by atoms with van der Waals surface area (Å²) in [4.78, 5) is 29.1. The molecule has 6 nitrogen and oxygen atoms in total. The van der Waals surface area contributed by atoms with E-state index in [-0.39, 0.29) is 11.8 Å². The highest BCUT2D eigenvalue weighted by Gasteiger charge is 2.35.